The maximum absolute atomic E-state index is 12.2. The smallest absolute Gasteiger partial charge is 0.324 e. The highest BCUT2D eigenvalue weighted by molar-refractivity contribution is 6.31. The number of rotatable bonds is 2. The summed E-state index contributed by atoms with van der Waals surface area (Å²) in [6.45, 7) is 1.82. The second kappa shape index (κ2) is 4.37. The predicted molar refractivity (Wildman–Crippen MR) is 51.5 cm³/mol. The lowest BCUT2D eigenvalue weighted by Gasteiger charge is -2.12. The summed E-state index contributed by atoms with van der Waals surface area (Å²) in [6.07, 6.45) is -2.80. The highest BCUT2D eigenvalue weighted by atomic mass is 35.5. The Kier molecular flexibility index (Phi) is 3.57. The van der Waals surface area contributed by atoms with E-state index in [0.29, 0.717) is 12.0 Å². The monoisotopic (exact) mass is 238 g/mol. The summed E-state index contributed by atoms with van der Waals surface area (Å²) in [4.78, 5) is 3.29. The van der Waals surface area contributed by atoms with Crippen molar-refractivity contribution >= 4 is 11.6 Å². The van der Waals surface area contributed by atoms with E-state index in [1.165, 1.54) is 0 Å². The van der Waals surface area contributed by atoms with Gasteiger partial charge in [0.1, 0.15) is 5.69 Å². The van der Waals surface area contributed by atoms with Gasteiger partial charge in [-0.25, -0.2) is 0 Å². The normalized spacial score (nSPS) is 14.0. The van der Waals surface area contributed by atoms with Crippen LogP contribution in [0.4, 0.5) is 13.2 Å². The van der Waals surface area contributed by atoms with Crippen molar-refractivity contribution in [3.05, 3.63) is 28.5 Å². The number of pyridine rings is 1. The summed E-state index contributed by atoms with van der Waals surface area (Å²) < 4.78 is 36.7. The molecule has 0 spiro atoms. The van der Waals surface area contributed by atoms with Gasteiger partial charge in [0.2, 0.25) is 0 Å². The van der Waals surface area contributed by atoms with Gasteiger partial charge >= 0.3 is 6.18 Å². The molecule has 0 fully saturated rings. The molecule has 6 heteroatoms. The van der Waals surface area contributed by atoms with Gasteiger partial charge in [0.25, 0.3) is 0 Å². The van der Waals surface area contributed by atoms with Crippen LogP contribution < -0.4 is 5.73 Å². The van der Waals surface area contributed by atoms with Gasteiger partial charge in [-0.1, -0.05) is 18.5 Å². The number of alkyl halides is 3. The SMILES string of the molecule is CCC(N)c1cnc(C(F)(F)F)cc1Cl. The zero-order chi connectivity index (χ0) is 11.6. The van der Waals surface area contributed by atoms with Gasteiger partial charge in [-0.05, 0) is 12.5 Å². The summed E-state index contributed by atoms with van der Waals surface area (Å²) in [5.74, 6) is 0. The van der Waals surface area contributed by atoms with Gasteiger partial charge in [-0.2, -0.15) is 13.2 Å². The maximum atomic E-state index is 12.2. The minimum Gasteiger partial charge on any atom is -0.324 e. The number of nitrogens with zero attached hydrogens (tertiary/aromatic N) is 1. The van der Waals surface area contributed by atoms with Crippen LogP contribution in [0.3, 0.4) is 0 Å². The molecule has 15 heavy (non-hydrogen) atoms. The fraction of sp³-hybridized carbons (Fsp3) is 0.444. The van der Waals surface area contributed by atoms with Crippen molar-refractivity contribution in [2.24, 2.45) is 5.73 Å². The molecule has 1 atom stereocenters. The lowest BCUT2D eigenvalue weighted by Crippen LogP contribution is -2.13. The Balaban J connectivity index is 3.09. The predicted octanol–water partition coefficient (Wildman–Crippen LogP) is 3.16. The Morgan fingerprint density at radius 2 is 2.13 bits per heavy atom. The van der Waals surface area contributed by atoms with E-state index in [0.717, 1.165) is 12.3 Å². The average molecular weight is 239 g/mol. The summed E-state index contributed by atoms with van der Waals surface area (Å²) in [5.41, 5.74) is 5.09. The van der Waals surface area contributed by atoms with E-state index < -0.39 is 11.9 Å². The van der Waals surface area contributed by atoms with Crippen LogP contribution in [0.15, 0.2) is 12.3 Å². The van der Waals surface area contributed by atoms with E-state index in [4.69, 9.17) is 17.3 Å². The average Bonchev–Trinajstić information content (AvgIpc) is 2.15. The minimum atomic E-state index is -4.47. The highest BCUT2D eigenvalue weighted by Crippen LogP contribution is 2.31. The molecule has 0 bridgehead atoms. The minimum absolute atomic E-state index is 0.00618. The van der Waals surface area contributed by atoms with Gasteiger partial charge in [0, 0.05) is 22.8 Å². The zero-order valence-corrected chi connectivity index (χ0v) is 8.73. The number of hydrogen-bond acceptors (Lipinski definition) is 2. The van der Waals surface area contributed by atoms with Gasteiger partial charge in [-0.15, -0.1) is 0 Å². The van der Waals surface area contributed by atoms with E-state index in [1.807, 2.05) is 6.92 Å². The molecule has 0 aliphatic carbocycles. The quantitative estimate of drug-likeness (QED) is 0.860. The second-order valence-electron chi connectivity index (χ2n) is 3.10. The molecule has 0 aromatic carbocycles. The summed E-state index contributed by atoms with van der Waals surface area (Å²) in [7, 11) is 0. The van der Waals surface area contributed by atoms with Gasteiger partial charge in [0.05, 0.1) is 0 Å². The third-order valence-corrected chi connectivity index (χ3v) is 2.34. The first kappa shape index (κ1) is 12.3. The van der Waals surface area contributed by atoms with E-state index in [-0.39, 0.29) is 11.1 Å². The molecule has 1 aromatic heterocycles. The molecule has 2 N–H and O–H groups in total. The fourth-order valence-electron chi connectivity index (χ4n) is 1.09. The van der Waals surface area contributed by atoms with E-state index >= 15 is 0 Å². The van der Waals surface area contributed by atoms with Crippen LogP contribution in [-0.2, 0) is 6.18 Å². The third-order valence-electron chi connectivity index (χ3n) is 2.01. The molecule has 2 nitrogen and oxygen atoms in total. The molecule has 0 aliphatic heterocycles. The molecule has 0 radical (unpaired) electrons. The largest absolute Gasteiger partial charge is 0.433 e. The molecule has 0 amide bonds. The lowest BCUT2D eigenvalue weighted by atomic mass is 10.1. The molecule has 0 saturated carbocycles. The lowest BCUT2D eigenvalue weighted by molar-refractivity contribution is -0.141. The first-order valence-electron chi connectivity index (χ1n) is 4.34. The number of nitrogens with two attached hydrogens (primary N) is 1. The van der Waals surface area contributed by atoms with Crippen LogP contribution in [0.1, 0.15) is 30.6 Å². The topological polar surface area (TPSA) is 38.9 Å². The third kappa shape index (κ3) is 2.82. The van der Waals surface area contributed by atoms with Crippen LogP contribution in [-0.4, -0.2) is 4.98 Å². The van der Waals surface area contributed by atoms with Gasteiger partial charge < -0.3 is 5.73 Å². The number of aromatic nitrogens is 1. The number of halogens is 4. The molecule has 1 heterocycles. The first-order chi connectivity index (χ1) is 6.86. The Labute approximate surface area is 90.3 Å². The van der Waals surface area contributed by atoms with Gasteiger partial charge in [0.15, 0.2) is 0 Å². The highest BCUT2D eigenvalue weighted by Gasteiger charge is 2.33. The molecule has 1 unspecified atom stereocenters. The first-order valence-corrected chi connectivity index (χ1v) is 4.72. The second-order valence-corrected chi connectivity index (χ2v) is 3.51. The van der Waals surface area contributed by atoms with Crippen LogP contribution >= 0.6 is 11.6 Å². The molecule has 1 rings (SSSR count). The van der Waals surface area contributed by atoms with Crippen molar-refractivity contribution < 1.29 is 13.2 Å². The Morgan fingerprint density at radius 3 is 2.53 bits per heavy atom. The van der Waals surface area contributed by atoms with Crippen LogP contribution in [0.25, 0.3) is 0 Å². The van der Waals surface area contributed by atoms with E-state index in [2.05, 4.69) is 4.98 Å². The van der Waals surface area contributed by atoms with Crippen molar-refractivity contribution in [2.45, 2.75) is 25.6 Å². The summed E-state index contributed by atoms with van der Waals surface area (Å²) >= 11 is 5.69. The van der Waals surface area contributed by atoms with Crippen molar-refractivity contribution in [1.29, 1.82) is 0 Å². The van der Waals surface area contributed by atoms with Crippen molar-refractivity contribution in [2.75, 3.05) is 0 Å². The fourth-order valence-corrected chi connectivity index (χ4v) is 1.38. The molecular formula is C9H10ClF3N2. The zero-order valence-electron chi connectivity index (χ0n) is 7.98. The molecule has 84 valence electrons. The Morgan fingerprint density at radius 1 is 1.53 bits per heavy atom. The van der Waals surface area contributed by atoms with Crippen LogP contribution in [0.2, 0.25) is 5.02 Å². The van der Waals surface area contributed by atoms with E-state index in [1.54, 1.807) is 0 Å². The molecule has 1 aromatic rings. The van der Waals surface area contributed by atoms with Crippen LogP contribution in [0.5, 0.6) is 0 Å². The standard InChI is InChI=1S/C9H10ClF3N2/c1-2-7(14)5-4-15-8(3-6(5)10)9(11,12)13/h3-4,7H,2,14H2,1H3. The van der Waals surface area contributed by atoms with Crippen molar-refractivity contribution in [3.8, 4) is 0 Å². The maximum Gasteiger partial charge on any atom is 0.433 e. The molecule has 0 saturated heterocycles. The summed E-state index contributed by atoms with van der Waals surface area (Å²) in [5, 5.41) is 0.00618. The number of hydrogen-bond donors (Lipinski definition) is 1. The van der Waals surface area contributed by atoms with Gasteiger partial charge in [-0.3, -0.25) is 4.98 Å². The van der Waals surface area contributed by atoms with Crippen molar-refractivity contribution in [3.63, 3.8) is 0 Å². The molecule has 0 aliphatic rings. The molecular weight excluding hydrogens is 229 g/mol. The summed E-state index contributed by atoms with van der Waals surface area (Å²) in [6, 6.07) is 0.416. The van der Waals surface area contributed by atoms with E-state index in [9.17, 15) is 13.2 Å². The van der Waals surface area contributed by atoms with Crippen molar-refractivity contribution in [1.82, 2.24) is 4.98 Å². The Bertz CT molecular complexity index is 352. The Hall–Kier alpha value is -0.810. The van der Waals surface area contributed by atoms with Crippen LogP contribution in [0, 0.1) is 0 Å².